The molecule has 21 heavy (non-hydrogen) atoms. The second-order valence-corrected chi connectivity index (χ2v) is 7.62. The molecule has 1 heterocycles. The third-order valence-electron chi connectivity index (χ3n) is 3.10. The van der Waals surface area contributed by atoms with Gasteiger partial charge < -0.3 is 5.11 Å². The Morgan fingerprint density at radius 1 is 1.43 bits per heavy atom. The van der Waals surface area contributed by atoms with Gasteiger partial charge >= 0.3 is 0 Å². The van der Waals surface area contributed by atoms with Crippen LogP contribution in [0.2, 0.25) is 0 Å². The van der Waals surface area contributed by atoms with E-state index in [2.05, 4.69) is 9.71 Å². The lowest BCUT2D eigenvalue weighted by molar-refractivity contribution is 0.199. The summed E-state index contributed by atoms with van der Waals surface area (Å²) in [5, 5.41) is 9.92. The van der Waals surface area contributed by atoms with Gasteiger partial charge in [0.2, 0.25) is 0 Å². The Kier molecular flexibility index (Phi) is 4.65. The molecular formula is C14H18N2O3S2. The highest BCUT2D eigenvalue weighted by atomic mass is 32.2. The number of hydrogen-bond acceptors (Lipinski definition) is 5. The summed E-state index contributed by atoms with van der Waals surface area (Å²) < 4.78 is 27.2. The van der Waals surface area contributed by atoms with Crippen molar-refractivity contribution >= 4 is 26.5 Å². The number of sulfonamides is 1. The van der Waals surface area contributed by atoms with E-state index in [1.807, 2.05) is 13.8 Å². The molecule has 0 aliphatic rings. The Labute approximate surface area is 128 Å². The van der Waals surface area contributed by atoms with Gasteiger partial charge in [0, 0.05) is 4.88 Å². The zero-order chi connectivity index (χ0) is 15.6. The van der Waals surface area contributed by atoms with Crippen LogP contribution in [0.3, 0.4) is 0 Å². The Morgan fingerprint density at radius 3 is 2.71 bits per heavy atom. The summed E-state index contributed by atoms with van der Waals surface area (Å²) >= 11 is 1.32. The van der Waals surface area contributed by atoms with E-state index in [1.54, 1.807) is 19.1 Å². The van der Waals surface area contributed by atoms with E-state index in [-0.39, 0.29) is 4.90 Å². The topological polar surface area (TPSA) is 79.3 Å². The summed E-state index contributed by atoms with van der Waals surface area (Å²) in [5.41, 5.74) is 1.46. The van der Waals surface area contributed by atoms with E-state index in [0.717, 1.165) is 17.0 Å². The molecule has 0 radical (unpaired) electrons. The largest absolute Gasteiger partial charge is 0.389 e. The molecule has 5 nitrogen and oxygen atoms in total. The summed E-state index contributed by atoms with van der Waals surface area (Å²) in [4.78, 5) is 5.40. The maximum Gasteiger partial charge on any atom is 0.263 e. The molecule has 2 rings (SSSR count). The number of thiazole rings is 1. The van der Waals surface area contributed by atoms with Crippen molar-refractivity contribution in [1.82, 2.24) is 4.98 Å². The lowest BCUT2D eigenvalue weighted by atomic mass is 10.1. The van der Waals surface area contributed by atoms with Crippen LogP contribution in [0.25, 0.3) is 0 Å². The van der Waals surface area contributed by atoms with Gasteiger partial charge in [-0.1, -0.05) is 19.1 Å². The minimum atomic E-state index is -3.69. The third-order valence-corrected chi connectivity index (χ3v) is 5.49. The van der Waals surface area contributed by atoms with Gasteiger partial charge in [-0.2, -0.15) is 0 Å². The normalized spacial score (nSPS) is 13.1. The van der Waals surface area contributed by atoms with Gasteiger partial charge in [0.05, 0.1) is 16.7 Å². The number of anilines is 1. The van der Waals surface area contributed by atoms with Crippen molar-refractivity contribution in [2.75, 3.05) is 4.72 Å². The first-order valence-electron chi connectivity index (χ1n) is 6.60. The van der Waals surface area contributed by atoms with Crippen LogP contribution in [0.5, 0.6) is 0 Å². The molecule has 0 spiro atoms. The molecule has 1 aromatic heterocycles. The zero-order valence-electron chi connectivity index (χ0n) is 12.1. The molecule has 0 saturated carbocycles. The van der Waals surface area contributed by atoms with Crippen molar-refractivity contribution < 1.29 is 13.5 Å². The number of nitrogens with one attached hydrogen (secondary N) is 1. The Morgan fingerprint density at radius 2 is 2.14 bits per heavy atom. The van der Waals surface area contributed by atoms with Gasteiger partial charge in [-0.3, -0.25) is 4.72 Å². The molecular weight excluding hydrogens is 308 g/mol. The van der Waals surface area contributed by atoms with Crippen LogP contribution < -0.4 is 4.72 Å². The van der Waals surface area contributed by atoms with E-state index in [1.165, 1.54) is 23.5 Å². The van der Waals surface area contributed by atoms with Gasteiger partial charge in [-0.25, -0.2) is 13.4 Å². The van der Waals surface area contributed by atoms with Crippen LogP contribution in [0.4, 0.5) is 5.13 Å². The summed E-state index contributed by atoms with van der Waals surface area (Å²) in [6, 6.07) is 6.26. The minimum Gasteiger partial charge on any atom is -0.389 e. The van der Waals surface area contributed by atoms with Crippen molar-refractivity contribution in [2.24, 2.45) is 0 Å². The third kappa shape index (κ3) is 3.61. The number of aliphatic hydroxyl groups is 1. The van der Waals surface area contributed by atoms with Crippen LogP contribution in [-0.2, 0) is 16.4 Å². The first-order chi connectivity index (χ1) is 9.83. The standard InChI is InChI=1S/C14H18N2O3S2/c1-4-13-10(3)20-14(15-13)16-21(18,19)12-7-5-6-11(8-12)9(2)17/h5-9,17H,4H2,1-3H3,(H,15,16). The fraction of sp³-hybridized carbons (Fsp3) is 0.357. The van der Waals surface area contributed by atoms with Crippen molar-refractivity contribution in [2.45, 2.75) is 38.2 Å². The number of hydrogen-bond donors (Lipinski definition) is 2. The fourth-order valence-electron chi connectivity index (χ4n) is 1.92. The maximum absolute atomic E-state index is 12.4. The molecule has 0 aliphatic heterocycles. The SMILES string of the molecule is CCc1nc(NS(=O)(=O)c2cccc(C(C)O)c2)sc1C. The second-order valence-electron chi connectivity index (χ2n) is 4.73. The van der Waals surface area contributed by atoms with E-state index in [0.29, 0.717) is 10.7 Å². The number of aliphatic hydroxyl groups excluding tert-OH is 1. The van der Waals surface area contributed by atoms with Gasteiger partial charge in [0.1, 0.15) is 0 Å². The molecule has 2 aromatic rings. The van der Waals surface area contributed by atoms with Crippen molar-refractivity contribution in [3.05, 3.63) is 40.4 Å². The molecule has 0 bridgehead atoms. The predicted octanol–water partition coefficient (Wildman–Crippen LogP) is 2.87. The maximum atomic E-state index is 12.4. The molecule has 2 N–H and O–H groups in total. The zero-order valence-corrected chi connectivity index (χ0v) is 13.8. The summed E-state index contributed by atoms with van der Waals surface area (Å²) in [7, 11) is -3.69. The lowest BCUT2D eigenvalue weighted by Crippen LogP contribution is -2.13. The van der Waals surface area contributed by atoms with Crippen LogP contribution >= 0.6 is 11.3 Å². The molecule has 1 atom stereocenters. The fourth-order valence-corrected chi connectivity index (χ4v) is 4.11. The van der Waals surface area contributed by atoms with Gasteiger partial charge in [0.15, 0.2) is 5.13 Å². The van der Waals surface area contributed by atoms with Gasteiger partial charge in [-0.15, -0.1) is 11.3 Å². The average molecular weight is 326 g/mol. The molecule has 1 aromatic carbocycles. The highest BCUT2D eigenvalue weighted by molar-refractivity contribution is 7.93. The predicted molar refractivity (Wildman–Crippen MR) is 84.1 cm³/mol. The Bertz CT molecular complexity index is 736. The van der Waals surface area contributed by atoms with Gasteiger partial charge in [0.25, 0.3) is 10.0 Å². The van der Waals surface area contributed by atoms with Crippen LogP contribution in [-0.4, -0.2) is 18.5 Å². The molecule has 0 amide bonds. The van der Waals surface area contributed by atoms with Crippen LogP contribution in [0, 0.1) is 6.92 Å². The highest BCUT2D eigenvalue weighted by Crippen LogP contribution is 2.25. The molecule has 0 fully saturated rings. The second kappa shape index (κ2) is 6.13. The minimum absolute atomic E-state index is 0.117. The molecule has 1 unspecified atom stereocenters. The monoisotopic (exact) mass is 326 g/mol. The van der Waals surface area contributed by atoms with Crippen molar-refractivity contribution in [1.29, 1.82) is 0 Å². The molecule has 0 aliphatic carbocycles. The number of benzene rings is 1. The average Bonchev–Trinajstić information content (AvgIpc) is 2.78. The lowest BCUT2D eigenvalue weighted by Gasteiger charge is -2.08. The summed E-state index contributed by atoms with van der Waals surface area (Å²) in [6.07, 6.45) is 0.0515. The van der Waals surface area contributed by atoms with Crippen molar-refractivity contribution in [3.63, 3.8) is 0 Å². The van der Waals surface area contributed by atoms with Crippen molar-refractivity contribution in [3.8, 4) is 0 Å². The van der Waals surface area contributed by atoms with Crippen LogP contribution in [0.1, 0.15) is 36.1 Å². The molecule has 0 saturated heterocycles. The molecule has 7 heteroatoms. The van der Waals surface area contributed by atoms with E-state index >= 15 is 0 Å². The smallest absolute Gasteiger partial charge is 0.263 e. The number of rotatable bonds is 5. The Hall–Kier alpha value is -1.44. The Balaban J connectivity index is 2.31. The van der Waals surface area contributed by atoms with Crippen LogP contribution in [0.15, 0.2) is 29.2 Å². The number of aryl methyl sites for hydroxylation is 2. The first-order valence-corrected chi connectivity index (χ1v) is 8.90. The van der Waals surface area contributed by atoms with E-state index < -0.39 is 16.1 Å². The first kappa shape index (κ1) is 15.9. The quantitative estimate of drug-likeness (QED) is 0.885. The number of nitrogens with zero attached hydrogens (tertiary/aromatic N) is 1. The molecule has 114 valence electrons. The number of aromatic nitrogens is 1. The summed E-state index contributed by atoms with van der Waals surface area (Å²) in [6.45, 7) is 5.49. The van der Waals surface area contributed by atoms with E-state index in [4.69, 9.17) is 0 Å². The summed E-state index contributed by atoms with van der Waals surface area (Å²) in [5.74, 6) is 0. The van der Waals surface area contributed by atoms with Gasteiger partial charge in [-0.05, 0) is 38.0 Å². The van der Waals surface area contributed by atoms with E-state index in [9.17, 15) is 13.5 Å². The highest BCUT2D eigenvalue weighted by Gasteiger charge is 2.18.